The molecule has 3 rings (SSSR count). The molecule has 0 fully saturated rings. The molecule has 0 N–H and O–H groups in total. The Balaban J connectivity index is 2.11. The lowest BCUT2D eigenvalue weighted by Gasteiger charge is -2.25. The molecule has 0 aliphatic rings. The molecule has 1 aromatic heterocycles. The van der Waals surface area contributed by atoms with Crippen LogP contribution in [0.2, 0.25) is 0 Å². The van der Waals surface area contributed by atoms with Gasteiger partial charge in [0.15, 0.2) is 0 Å². The van der Waals surface area contributed by atoms with E-state index in [1.54, 1.807) is 0 Å². The van der Waals surface area contributed by atoms with Gasteiger partial charge in [0, 0.05) is 33.9 Å². The van der Waals surface area contributed by atoms with Gasteiger partial charge in [0.05, 0.1) is 0 Å². The topological polar surface area (TPSA) is 16.1 Å². The molecule has 2 aromatic carbocycles. The number of rotatable bonds is 3. The third-order valence-corrected chi connectivity index (χ3v) is 3.55. The summed E-state index contributed by atoms with van der Waals surface area (Å²) in [5, 5.41) is 0. The van der Waals surface area contributed by atoms with Crippen molar-refractivity contribution in [2.45, 2.75) is 0 Å². The minimum atomic E-state index is 1.07. The molecule has 20 heavy (non-hydrogen) atoms. The van der Waals surface area contributed by atoms with Crippen LogP contribution in [0.25, 0.3) is 0 Å². The summed E-state index contributed by atoms with van der Waals surface area (Å²) in [4.78, 5) is 6.30. The molecular formula is C17H13BrN2. The van der Waals surface area contributed by atoms with Crippen LogP contribution in [0.3, 0.4) is 0 Å². The number of nitrogens with zero attached hydrogens (tertiary/aromatic N) is 2. The summed E-state index contributed by atoms with van der Waals surface area (Å²) in [5.41, 5.74) is 3.33. The second-order valence-corrected chi connectivity index (χ2v) is 5.27. The van der Waals surface area contributed by atoms with Crippen LogP contribution in [0, 0.1) is 0 Å². The standard InChI is InChI=1S/C17H13BrN2/c18-14-6-8-16(9-7-14)20(15-4-2-1-3-5-15)17-10-12-19-13-11-17/h1-13H. The summed E-state index contributed by atoms with van der Waals surface area (Å²) in [6.45, 7) is 0. The highest BCUT2D eigenvalue weighted by Gasteiger charge is 2.11. The molecule has 0 bridgehead atoms. The van der Waals surface area contributed by atoms with Crippen molar-refractivity contribution in [3.05, 3.63) is 83.6 Å². The molecule has 0 atom stereocenters. The molecule has 0 amide bonds. The Bertz CT molecular complexity index is 627. The van der Waals surface area contributed by atoms with Crippen LogP contribution in [-0.2, 0) is 0 Å². The Morgan fingerprint density at radius 1 is 0.650 bits per heavy atom. The number of aromatic nitrogens is 1. The fourth-order valence-corrected chi connectivity index (χ4v) is 2.37. The second-order valence-electron chi connectivity index (χ2n) is 4.35. The van der Waals surface area contributed by atoms with E-state index in [-0.39, 0.29) is 0 Å². The highest BCUT2D eigenvalue weighted by Crippen LogP contribution is 2.34. The van der Waals surface area contributed by atoms with Crippen LogP contribution >= 0.6 is 15.9 Å². The maximum atomic E-state index is 4.10. The number of pyridine rings is 1. The summed E-state index contributed by atoms with van der Waals surface area (Å²) in [6.07, 6.45) is 3.62. The zero-order chi connectivity index (χ0) is 13.8. The Morgan fingerprint density at radius 3 is 1.85 bits per heavy atom. The highest BCUT2D eigenvalue weighted by molar-refractivity contribution is 9.10. The van der Waals surface area contributed by atoms with Crippen molar-refractivity contribution in [2.24, 2.45) is 0 Å². The largest absolute Gasteiger partial charge is 0.310 e. The average Bonchev–Trinajstić information content (AvgIpc) is 2.52. The maximum absolute atomic E-state index is 4.10. The summed E-state index contributed by atoms with van der Waals surface area (Å²) in [5.74, 6) is 0. The number of para-hydroxylation sites is 1. The normalized spacial score (nSPS) is 10.2. The van der Waals surface area contributed by atoms with Gasteiger partial charge >= 0.3 is 0 Å². The van der Waals surface area contributed by atoms with E-state index in [0.29, 0.717) is 0 Å². The maximum Gasteiger partial charge on any atom is 0.0492 e. The molecule has 0 spiro atoms. The molecule has 1 heterocycles. The molecule has 98 valence electrons. The van der Waals surface area contributed by atoms with E-state index in [4.69, 9.17) is 0 Å². The molecule has 3 aromatic rings. The van der Waals surface area contributed by atoms with Crippen molar-refractivity contribution in [3.8, 4) is 0 Å². The molecule has 0 saturated heterocycles. The van der Waals surface area contributed by atoms with E-state index >= 15 is 0 Å². The molecule has 0 aliphatic heterocycles. The van der Waals surface area contributed by atoms with E-state index in [1.165, 1.54) is 0 Å². The van der Waals surface area contributed by atoms with Crippen molar-refractivity contribution < 1.29 is 0 Å². The molecule has 0 aliphatic carbocycles. The van der Waals surface area contributed by atoms with Gasteiger partial charge < -0.3 is 4.90 Å². The van der Waals surface area contributed by atoms with Crippen LogP contribution in [0.4, 0.5) is 17.1 Å². The predicted octanol–water partition coefficient (Wildman–Crippen LogP) is 5.31. The fourth-order valence-electron chi connectivity index (χ4n) is 2.11. The smallest absolute Gasteiger partial charge is 0.0492 e. The monoisotopic (exact) mass is 324 g/mol. The van der Waals surface area contributed by atoms with Gasteiger partial charge in [0.1, 0.15) is 0 Å². The number of anilines is 3. The zero-order valence-electron chi connectivity index (χ0n) is 10.8. The molecule has 2 nitrogen and oxygen atoms in total. The van der Waals surface area contributed by atoms with E-state index in [0.717, 1.165) is 21.5 Å². The quantitative estimate of drug-likeness (QED) is 0.648. The van der Waals surface area contributed by atoms with Crippen molar-refractivity contribution in [3.63, 3.8) is 0 Å². The predicted molar refractivity (Wildman–Crippen MR) is 86.6 cm³/mol. The average molecular weight is 325 g/mol. The van der Waals surface area contributed by atoms with Crippen LogP contribution in [0.15, 0.2) is 83.6 Å². The van der Waals surface area contributed by atoms with Gasteiger partial charge in [-0.2, -0.15) is 0 Å². The van der Waals surface area contributed by atoms with Gasteiger partial charge in [0.25, 0.3) is 0 Å². The van der Waals surface area contributed by atoms with Gasteiger partial charge in [-0.1, -0.05) is 34.1 Å². The van der Waals surface area contributed by atoms with Gasteiger partial charge in [-0.3, -0.25) is 4.98 Å². The number of benzene rings is 2. The molecule has 0 unspecified atom stereocenters. The van der Waals surface area contributed by atoms with Gasteiger partial charge in [-0.15, -0.1) is 0 Å². The first kappa shape index (κ1) is 12.9. The van der Waals surface area contributed by atoms with E-state index in [9.17, 15) is 0 Å². The number of hydrogen-bond donors (Lipinski definition) is 0. The minimum Gasteiger partial charge on any atom is -0.310 e. The molecular weight excluding hydrogens is 312 g/mol. The third kappa shape index (κ3) is 2.73. The Hall–Kier alpha value is -2.13. The summed E-state index contributed by atoms with van der Waals surface area (Å²) in [6, 6.07) is 22.6. The lowest BCUT2D eigenvalue weighted by molar-refractivity contribution is 1.24. The SMILES string of the molecule is Brc1ccc(N(c2ccccc2)c2ccncc2)cc1. The minimum absolute atomic E-state index is 1.07. The van der Waals surface area contributed by atoms with E-state index in [2.05, 4.69) is 50.1 Å². The molecule has 3 heteroatoms. The fraction of sp³-hybridized carbons (Fsp3) is 0. The molecule has 0 radical (unpaired) electrons. The lowest BCUT2D eigenvalue weighted by atomic mass is 10.2. The zero-order valence-corrected chi connectivity index (χ0v) is 12.4. The van der Waals surface area contributed by atoms with Crippen molar-refractivity contribution >= 4 is 33.0 Å². The van der Waals surface area contributed by atoms with Crippen LogP contribution in [-0.4, -0.2) is 4.98 Å². The van der Waals surface area contributed by atoms with Crippen molar-refractivity contribution in [1.29, 1.82) is 0 Å². The Labute approximate surface area is 126 Å². The summed E-state index contributed by atoms with van der Waals surface area (Å²) >= 11 is 3.48. The lowest BCUT2D eigenvalue weighted by Crippen LogP contribution is -2.09. The third-order valence-electron chi connectivity index (χ3n) is 3.02. The van der Waals surface area contributed by atoms with E-state index in [1.807, 2.05) is 54.9 Å². The van der Waals surface area contributed by atoms with Crippen molar-refractivity contribution in [1.82, 2.24) is 4.98 Å². The first-order valence-electron chi connectivity index (χ1n) is 6.35. The molecule has 0 saturated carbocycles. The highest BCUT2D eigenvalue weighted by atomic mass is 79.9. The van der Waals surface area contributed by atoms with Crippen LogP contribution in [0.5, 0.6) is 0 Å². The second kappa shape index (κ2) is 5.88. The first-order valence-corrected chi connectivity index (χ1v) is 7.15. The Morgan fingerprint density at radius 2 is 1.20 bits per heavy atom. The van der Waals surface area contributed by atoms with Gasteiger partial charge in [-0.25, -0.2) is 0 Å². The first-order chi connectivity index (χ1) is 9.84. The van der Waals surface area contributed by atoms with E-state index < -0.39 is 0 Å². The number of halogens is 1. The van der Waals surface area contributed by atoms with Crippen LogP contribution < -0.4 is 4.90 Å². The van der Waals surface area contributed by atoms with Gasteiger partial charge in [-0.05, 0) is 48.5 Å². The van der Waals surface area contributed by atoms with Crippen molar-refractivity contribution in [2.75, 3.05) is 4.90 Å². The summed E-state index contributed by atoms with van der Waals surface area (Å²) in [7, 11) is 0. The Kier molecular flexibility index (Phi) is 3.79. The summed E-state index contributed by atoms with van der Waals surface area (Å²) < 4.78 is 1.07. The van der Waals surface area contributed by atoms with Crippen LogP contribution in [0.1, 0.15) is 0 Å². The van der Waals surface area contributed by atoms with Gasteiger partial charge in [0.2, 0.25) is 0 Å². The number of hydrogen-bond acceptors (Lipinski definition) is 2.